The molecule has 0 N–H and O–H groups in total. The number of rotatable bonds is 3. The molecule has 0 radical (unpaired) electrons. The smallest absolute Gasteiger partial charge is 0.0704 e. The van der Waals surface area contributed by atoms with Gasteiger partial charge in [-0.2, -0.15) is 0 Å². The van der Waals surface area contributed by atoms with Crippen molar-refractivity contribution in [3.05, 3.63) is 54.2 Å². The van der Waals surface area contributed by atoms with Crippen molar-refractivity contribution in [2.45, 2.75) is 56.8 Å². The van der Waals surface area contributed by atoms with E-state index in [-0.39, 0.29) is 0 Å². The predicted molar refractivity (Wildman–Crippen MR) is 98.0 cm³/mol. The number of aromatic nitrogens is 1. The van der Waals surface area contributed by atoms with Crippen molar-refractivity contribution >= 4 is 8.07 Å². The van der Waals surface area contributed by atoms with Crippen LogP contribution in [0.1, 0.15) is 37.2 Å². The fourth-order valence-electron chi connectivity index (χ4n) is 3.76. The predicted octanol–water partition coefficient (Wildman–Crippen LogP) is 6.11. The first-order valence-corrected chi connectivity index (χ1v) is 12.1. The maximum Gasteiger partial charge on any atom is 0.0704 e. The van der Waals surface area contributed by atoms with Crippen LogP contribution in [0.25, 0.3) is 11.3 Å². The van der Waals surface area contributed by atoms with Gasteiger partial charge in [0, 0.05) is 19.8 Å². The average Bonchev–Trinajstić information content (AvgIpc) is 2.55. The Morgan fingerprint density at radius 2 is 1.59 bits per heavy atom. The number of hydrogen-bond donors (Lipinski definition) is 0. The van der Waals surface area contributed by atoms with E-state index in [2.05, 4.69) is 67.1 Å². The molecular formula is C20H27NSi. The molecule has 1 aliphatic rings. The van der Waals surface area contributed by atoms with E-state index >= 15 is 0 Å². The summed E-state index contributed by atoms with van der Waals surface area (Å²) in [7, 11) is -0.963. The molecule has 22 heavy (non-hydrogen) atoms. The van der Waals surface area contributed by atoms with E-state index in [1.54, 1.807) is 0 Å². The van der Waals surface area contributed by atoms with Gasteiger partial charge in [0.1, 0.15) is 0 Å². The zero-order valence-electron chi connectivity index (χ0n) is 14.0. The molecule has 1 saturated carbocycles. The molecule has 1 nitrogen and oxygen atoms in total. The van der Waals surface area contributed by atoms with Gasteiger partial charge in [0.2, 0.25) is 0 Å². The molecule has 1 aromatic carbocycles. The number of pyridine rings is 1. The molecule has 0 amide bonds. The van der Waals surface area contributed by atoms with Crippen molar-refractivity contribution in [2.75, 3.05) is 0 Å². The average molecular weight is 310 g/mol. The normalized spacial score (nSPS) is 22.5. The van der Waals surface area contributed by atoms with Gasteiger partial charge in [-0.15, -0.1) is 0 Å². The largest absolute Gasteiger partial charge is 0.256 e. The Kier molecular flexibility index (Phi) is 4.48. The first-order chi connectivity index (χ1) is 10.5. The van der Waals surface area contributed by atoms with E-state index in [1.807, 2.05) is 6.20 Å². The highest BCUT2D eigenvalue weighted by atomic mass is 28.3. The van der Waals surface area contributed by atoms with Crippen molar-refractivity contribution in [3.8, 4) is 11.3 Å². The van der Waals surface area contributed by atoms with Crippen LogP contribution >= 0.6 is 0 Å². The van der Waals surface area contributed by atoms with Crippen molar-refractivity contribution < 1.29 is 0 Å². The lowest BCUT2D eigenvalue weighted by Gasteiger charge is -2.36. The molecule has 0 atom stereocenters. The van der Waals surface area contributed by atoms with Gasteiger partial charge < -0.3 is 0 Å². The van der Waals surface area contributed by atoms with Crippen molar-refractivity contribution in [3.63, 3.8) is 0 Å². The van der Waals surface area contributed by atoms with Gasteiger partial charge in [-0.3, -0.25) is 4.98 Å². The lowest BCUT2D eigenvalue weighted by atomic mass is 9.83. The Bertz CT molecular complexity index is 607. The monoisotopic (exact) mass is 309 g/mol. The highest BCUT2D eigenvalue weighted by Crippen LogP contribution is 2.43. The Balaban J connectivity index is 1.74. The second-order valence-electron chi connectivity index (χ2n) is 7.76. The van der Waals surface area contributed by atoms with E-state index in [9.17, 15) is 0 Å². The van der Waals surface area contributed by atoms with E-state index in [0.29, 0.717) is 0 Å². The van der Waals surface area contributed by atoms with Crippen LogP contribution in [0.2, 0.25) is 25.2 Å². The molecule has 2 heteroatoms. The van der Waals surface area contributed by atoms with Crippen LogP contribution < -0.4 is 0 Å². The third kappa shape index (κ3) is 3.49. The fourth-order valence-corrected chi connectivity index (χ4v) is 5.83. The number of nitrogens with zero attached hydrogens (tertiary/aromatic N) is 1. The minimum Gasteiger partial charge on any atom is -0.256 e. The maximum absolute atomic E-state index is 4.57. The lowest BCUT2D eigenvalue weighted by molar-refractivity contribution is 0.435. The van der Waals surface area contributed by atoms with Crippen molar-refractivity contribution in [1.82, 2.24) is 4.98 Å². The summed E-state index contributed by atoms with van der Waals surface area (Å²) in [5.74, 6) is 0.734. The van der Waals surface area contributed by atoms with Crippen LogP contribution in [0.5, 0.6) is 0 Å². The van der Waals surface area contributed by atoms with Crippen LogP contribution in [0.15, 0.2) is 48.7 Å². The van der Waals surface area contributed by atoms with Gasteiger partial charge in [0.25, 0.3) is 0 Å². The van der Waals surface area contributed by atoms with E-state index in [4.69, 9.17) is 0 Å². The quantitative estimate of drug-likeness (QED) is 0.623. The minimum absolute atomic E-state index is 0.734. The van der Waals surface area contributed by atoms with Crippen LogP contribution in [0.4, 0.5) is 0 Å². The molecular weight excluding hydrogens is 282 g/mol. The second kappa shape index (κ2) is 6.37. The summed E-state index contributed by atoms with van der Waals surface area (Å²) >= 11 is 0. The van der Waals surface area contributed by atoms with Gasteiger partial charge in [-0.05, 0) is 42.0 Å². The molecule has 1 fully saturated rings. The molecule has 1 heterocycles. The fraction of sp³-hybridized carbons (Fsp3) is 0.450. The Labute approximate surface area is 135 Å². The molecule has 2 aromatic rings. The molecule has 1 aromatic heterocycles. The van der Waals surface area contributed by atoms with Crippen LogP contribution in [0, 0.1) is 0 Å². The Morgan fingerprint density at radius 3 is 2.23 bits per heavy atom. The first kappa shape index (κ1) is 15.5. The van der Waals surface area contributed by atoms with Gasteiger partial charge in [0.15, 0.2) is 0 Å². The first-order valence-electron chi connectivity index (χ1n) is 8.55. The summed E-state index contributed by atoms with van der Waals surface area (Å²) in [6.07, 6.45) is 7.54. The molecule has 0 unspecified atom stereocenters. The lowest BCUT2D eigenvalue weighted by Crippen LogP contribution is -2.30. The standard InChI is InChI=1S/C20H27NSi/c1-22(2,3)19-11-9-16(10-12-19)18-13-14-21-20(15-18)17-7-5-4-6-8-17/h4-8,13-16,19H,9-12H2,1-3H3. The Morgan fingerprint density at radius 1 is 0.909 bits per heavy atom. The number of benzene rings is 1. The van der Waals surface area contributed by atoms with Crippen molar-refractivity contribution in [1.29, 1.82) is 0 Å². The van der Waals surface area contributed by atoms with Gasteiger partial charge in [-0.1, -0.05) is 62.8 Å². The molecule has 1 aliphatic carbocycles. The van der Waals surface area contributed by atoms with E-state index < -0.39 is 8.07 Å². The topological polar surface area (TPSA) is 12.9 Å². The summed E-state index contributed by atoms with van der Waals surface area (Å²) in [4.78, 5) is 4.57. The number of hydrogen-bond acceptors (Lipinski definition) is 1. The van der Waals surface area contributed by atoms with E-state index in [0.717, 1.165) is 17.2 Å². The third-order valence-corrected chi connectivity index (χ3v) is 8.30. The van der Waals surface area contributed by atoms with E-state index in [1.165, 1.54) is 36.8 Å². The third-order valence-electron chi connectivity index (χ3n) is 5.28. The van der Waals surface area contributed by atoms with Crippen LogP contribution in [0.3, 0.4) is 0 Å². The Hall–Kier alpha value is -1.41. The summed E-state index contributed by atoms with van der Waals surface area (Å²) in [6, 6.07) is 15.1. The van der Waals surface area contributed by atoms with Gasteiger partial charge >= 0.3 is 0 Å². The summed E-state index contributed by atoms with van der Waals surface area (Å²) < 4.78 is 0. The molecule has 3 rings (SSSR count). The minimum atomic E-state index is -0.963. The van der Waals surface area contributed by atoms with Crippen LogP contribution in [-0.2, 0) is 0 Å². The van der Waals surface area contributed by atoms with Crippen LogP contribution in [-0.4, -0.2) is 13.1 Å². The maximum atomic E-state index is 4.57. The molecule has 0 aliphatic heterocycles. The molecule has 116 valence electrons. The highest BCUT2D eigenvalue weighted by molar-refractivity contribution is 6.77. The van der Waals surface area contributed by atoms with Gasteiger partial charge in [-0.25, -0.2) is 0 Å². The summed E-state index contributed by atoms with van der Waals surface area (Å²) in [5, 5.41) is 0. The zero-order chi connectivity index (χ0) is 15.6. The second-order valence-corrected chi connectivity index (χ2v) is 13.3. The summed E-state index contributed by atoms with van der Waals surface area (Å²) in [6.45, 7) is 7.58. The molecule has 0 saturated heterocycles. The van der Waals surface area contributed by atoms with Gasteiger partial charge in [0.05, 0.1) is 5.69 Å². The molecule has 0 spiro atoms. The SMILES string of the molecule is C[Si](C)(C)C1CCC(c2ccnc(-c3ccccc3)c2)CC1. The molecule has 0 bridgehead atoms. The zero-order valence-corrected chi connectivity index (χ0v) is 15.0. The summed E-state index contributed by atoms with van der Waals surface area (Å²) in [5.41, 5.74) is 4.84. The van der Waals surface area contributed by atoms with Crippen molar-refractivity contribution in [2.24, 2.45) is 0 Å². The highest BCUT2D eigenvalue weighted by Gasteiger charge is 2.31.